The van der Waals surface area contributed by atoms with E-state index in [1.54, 1.807) is 0 Å². The van der Waals surface area contributed by atoms with Gasteiger partial charge in [0.2, 0.25) is 0 Å². The second kappa shape index (κ2) is 9.94. The maximum atomic E-state index is 13.1. The first-order valence-corrected chi connectivity index (χ1v) is 13.7. The Morgan fingerprint density at radius 1 is 0.622 bits per heavy atom. The summed E-state index contributed by atoms with van der Waals surface area (Å²) >= 11 is 0. The maximum absolute atomic E-state index is 13.1. The number of carbonyl (C=O) groups is 1. The zero-order valence-corrected chi connectivity index (χ0v) is 23.0. The molecule has 45 heavy (non-hydrogen) atoms. The van der Waals surface area contributed by atoms with Gasteiger partial charge in [0.05, 0.1) is 24.3 Å². The fraction of sp³-hybridized carbons (Fsp3) is 0.188. The Morgan fingerprint density at radius 3 is 1.42 bits per heavy atom. The van der Waals surface area contributed by atoms with E-state index in [-0.39, 0.29) is 85.6 Å². The lowest BCUT2D eigenvalue weighted by Crippen LogP contribution is -2.31. The molecule has 1 aromatic heterocycles. The van der Waals surface area contributed by atoms with Gasteiger partial charge in [-0.2, -0.15) is 0 Å². The Labute approximate surface area is 252 Å². The molecule has 13 nitrogen and oxygen atoms in total. The first kappa shape index (κ1) is 28.1. The van der Waals surface area contributed by atoms with Crippen molar-refractivity contribution in [1.29, 1.82) is 0 Å². The van der Waals surface area contributed by atoms with Crippen molar-refractivity contribution in [2.75, 3.05) is 0 Å². The number of benzene rings is 4. The number of hydrogen-bond donors (Lipinski definition) is 9. The molecule has 2 aliphatic heterocycles. The second-order valence-electron chi connectivity index (χ2n) is 11.1. The van der Waals surface area contributed by atoms with Gasteiger partial charge in [-0.25, -0.2) is 9.21 Å². The molecule has 13 heteroatoms. The van der Waals surface area contributed by atoms with Gasteiger partial charge in [-0.15, -0.1) is 0 Å². The van der Waals surface area contributed by atoms with Gasteiger partial charge in [0.1, 0.15) is 39.3 Å². The third kappa shape index (κ3) is 4.31. The van der Waals surface area contributed by atoms with Crippen LogP contribution in [0.2, 0.25) is 0 Å². The highest BCUT2D eigenvalue weighted by atomic mass is 16.5. The lowest BCUT2D eigenvalue weighted by molar-refractivity contribution is 0.0207. The number of carboxylic acid groups (broad SMARTS) is 1. The van der Waals surface area contributed by atoms with Crippen molar-refractivity contribution in [3.63, 3.8) is 0 Å². The molecule has 0 saturated heterocycles. The lowest BCUT2D eigenvalue weighted by atomic mass is 9.89. The zero-order chi connectivity index (χ0) is 31.9. The minimum atomic E-state index is -1.45. The monoisotopic (exact) mass is 617 g/mol. The Bertz CT molecular complexity index is 1930. The fourth-order valence-corrected chi connectivity index (χ4v) is 6.13. The van der Waals surface area contributed by atoms with E-state index in [1.807, 2.05) is 0 Å². The molecular weight excluding hydrogens is 592 g/mol. The average molecular weight is 618 g/mol. The molecule has 0 bridgehead atoms. The Kier molecular flexibility index (Phi) is 6.21. The number of carboxylic acids is 1. The number of hydrogen-bond acceptors (Lipinski definition) is 11. The van der Waals surface area contributed by atoms with E-state index in [1.165, 1.54) is 48.5 Å². The summed E-state index contributed by atoms with van der Waals surface area (Å²) in [5.41, 5.74) is 0.0556. The molecular formula is C32H25O13+. The van der Waals surface area contributed by atoms with E-state index >= 15 is 0 Å². The molecule has 0 spiro atoms. The van der Waals surface area contributed by atoms with Crippen LogP contribution in [-0.2, 0) is 12.8 Å². The largest absolute Gasteiger partial charge is 0.507 e. The molecule has 0 amide bonds. The van der Waals surface area contributed by atoms with Crippen LogP contribution in [0.4, 0.5) is 0 Å². The molecule has 5 aromatic rings. The highest BCUT2D eigenvalue weighted by Gasteiger charge is 2.41. The van der Waals surface area contributed by atoms with E-state index in [0.29, 0.717) is 0 Å². The molecule has 0 saturated carbocycles. The van der Waals surface area contributed by atoms with Gasteiger partial charge in [-0.05, 0) is 35.4 Å². The van der Waals surface area contributed by atoms with Crippen LogP contribution < -0.4 is 9.47 Å². The van der Waals surface area contributed by atoms with Gasteiger partial charge in [-0.3, -0.25) is 0 Å². The molecule has 0 aliphatic carbocycles. The van der Waals surface area contributed by atoms with Crippen molar-refractivity contribution in [1.82, 2.24) is 0 Å². The number of aliphatic hydroxyl groups excluding tert-OH is 2. The van der Waals surface area contributed by atoms with Crippen molar-refractivity contribution in [3.05, 3.63) is 76.3 Å². The first-order chi connectivity index (χ1) is 21.4. The van der Waals surface area contributed by atoms with Crippen molar-refractivity contribution < 1.29 is 64.6 Å². The van der Waals surface area contributed by atoms with E-state index in [0.717, 1.165) is 0 Å². The van der Waals surface area contributed by atoms with E-state index < -0.39 is 53.4 Å². The van der Waals surface area contributed by atoms with Crippen LogP contribution in [0.1, 0.15) is 44.8 Å². The van der Waals surface area contributed by atoms with Crippen molar-refractivity contribution >= 4 is 27.9 Å². The van der Waals surface area contributed by atoms with Crippen LogP contribution in [0, 0.1) is 0 Å². The van der Waals surface area contributed by atoms with Gasteiger partial charge < -0.3 is 55.4 Å². The lowest BCUT2D eigenvalue weighted by Gasteiger charge is -2.32. The molecule has 7 rings (SSSR count). The van der Waals surface area contributed by atoms with Crippen molar-refractivity contribution in [3.8, 4) is 46.0 Å². The summed E-state index contributed by atoms with van der Waals surface area (Å²) in [6.45, 7) is 0. The molecule has 2 aliphatic rings. The first-order valence-electron chi connectivity index (χ1n) is 13.7. The predicted octanol–water partition coefficient (Wildman–Crippen LogP) is 3.87. The van der Waals surface area contributed by atoms with Gasteiger partial charge in [0, 0.05) is 24.0 Å². The Morgan fingerprint density at radius 2 is 1.04 bits per heavy atom. The fourth-order valence-electron chi connectivity index (χ4n) is 6.13. The number of aromatic hydroxyl groups is 6. The maximum Gasteiger partial charge on any atom is 0.369 e. The number of rotatable bonds is 3. The molecule has 3 heterocycles. The summed E-state index contributed by atoms with van der Waals surface area (Å²) in [5.74, 6) is -4.12. The topological polar surface area (TPSA) is 229 Å². The molecule has 9 N–H and O–H groups in total. The molecule has 0 unspecified atom stereocenters. The van der Waals surface area contributed by atoms with Gasteiger partial charge in [0.25, 0.3) is 0 Å². The summed E-state index contributed by atoms with van der Waals surface area (Å²) in [4.78, 5) is 13.1. The Hall–Kier alpha value is -5.66. The molecule has 4 aromatic carbocycles. The zero-order valence-electron chi connectivity index (χ0n) is 23.0. The highest BCUT2D eigenvalue weighted by Crippen LogP contribution is 2.52. The molecule has 0 fully saturated rings. The quantitative estimate of drug-likeness (QED) is 0.0796. The third-order valence-corrected chi connectivity index (χ3v) is 8.25. The Balaban J connectivity index is 1.48. The van der Waals surface area contributed by atoms with Gasteiger partial charge in [0.15, 0.2) is 35.2 Å². The molecule has 230 valence electrons. The van der Waals surface area contributed by atoms with Crippen LogP contribution in [0.5, 0.6) is 46.0 Å². The second-order valence-corrected chi connectivity index (χ2v) is 11.1. The SMILES string of the molecule is O=C(O)c1c2c3c(c(O)cc2[o+]c2cc(O)c4c(c12)O[C@@H](c1ccc(O)c(O)c1)[C@H](O)C4)C[C@@H](O)[C@H](c1ccc(O)c(O)c1)O3. The van der Waals surface area contributed by atoms with Gasteiger partial charge in [-0.1, -0.05) is 12.1 Å². The summed E-state index contributed by atoms with van der Waals surface area (Å²) < 4.78 is 18.3. The van der Waals surface area contributed by atoms with Gasteiger partial charge >= 0.3 is 17.1 Å². The summed E-state index contributed by atoms with van der Waals surface area (Å²) in [7, 11) is 0. The van der Waals surface area contributed by atoms with E-state index in [4.69, 9.17) is 13.9 Å². The molecule has 4 atom stereocenters. The number of fused-ring (bicyclic) bond motifs is 6. The third-order valence-electron chi connectivity index (χ3n) is 8.25. The normalized spacial score (nSPS) is 20.7. The molecule has 0 radical (unpaired) electrons. The number of phenols is 6. The van der Waals surface area contributed by atoms with Crippen LogP contribution >= 0.6 is 0 Å². The van der Waals surface area contributed by atoms with Crippen LogP contribution in [0.15, 0.2) is 52.9 Å². The highest BCUT2D eigenvalue weighted by molar-refractivity contribution is 6.17. The summed E-state index contributed by atoms with van der Waals surface area (Å²) in [6, 6.07) is 9.96. The summed E-state index contributed by atoms with van der Waals surface area (Å²) in [6.07, 6.45) is -5.15. The van der Waals surface area contributed by atoms with Crippen molar-refractivity contribution in [2.45, 2.75) is 37.3 Å². The van der Waals surface area contributed by atoms with E-state index in [9.17, 15) is 50.8 Å². The summed E-state index contributed by atoms with van der Waals surface area (Å²) in [5, 5.41) is 93.7. The average Bonchev–Trinajstić information content (AvgIpc) is 2.99. The number of ether oxygens (including phenoxy) is 2. The number of aromatic carboxylic acids is 1. The van der Waals surface area contributed by atoms with Crippen LogP contribution in [0.3, 0.4) is 0 Å². The van der Waals surface area contributed by atoms with Crippen molar-refractivity contribution in [2.24, 2.45) is 0 Å². The minimum Gasteiger partial charge on any atom is -0.507 e. The predicted molar refractivity (Wildman–Crippen MR) is 154 cm³/mol. The van der Waals surface area contributed by atoms with Crippen LogP contribution in [-0.4, -0.2) is 64.1 Å². The minimum absolute atomic E-state index is 0.0905. The van der Waals surface area contributed by atoms with E-state index in [2.05, 4.69) is 0 Å². The smallest absolute Gasteiger partial charge is 0.369 e. The number of phenolic OH excluding ortho intramolecular Hbond substituents is 6. The van der Waals surface area contributed by atoms with Crippen LogP contribution in [0.25, 0.3) is 21.9 Å². The number of aliphatic hydroxyl groups is 2. The standard InChI is InChI=1S/C32H24O13/c33-15-3-1-11(5-19(15)37)28-21(39)7-13-17(35)9-23-25(30(13)44-28)27(32(41)42)26-24(43-23)10-18(36)14-8-22(40)29(45-31(14)26)12-2-4-16(34)20(38)6-12/h1-6,9-10,21-22,28-29,39-40H,7-8H2,(H6-,33,34,35,36,37,38,41,42)/p+1/t21-,22-,28+,29+/m1/s1.